The highest BCUT2D eigenvalue weighted by Crippen LogP contribution is 2.36. The molecule has 0 spiro atoms. The SMILES string of the molecule is Cc1ccc(C(C)C)cc1-c1c(C)oc(N)c1C#N. The summed E-state index contributed by atoms with van der Waals surface area (Å²) in [5.74, 6) is 1.33. The molecular weight excluding hydrogens is 236 g/mol. The molecule has 3 heteroatoms. The Morgan fingerprint density at radius 1 is 1.26 bits per heavy atom. The van der Waals surface area contributed by atoms with Gasteiger partial charge in [0.1, 0.15) is 17.4 Å². The van der Waals surface area contributed by atoms with Crippen LogP contribution < -0.4 is 5.73 Å². The zero-order chi connectivity index (χ0) is 14.2. The van der Waals surface area contributed by atoms with Gasteiger partial charge >= 0.3 is 0 Å². The smallest absolute Gasteiger partial charge is 0.209 e. The molecule has 2 rings (SSSR count). The van der Waals surface area contributed by atoms with E-state index >= 15 is 0 Å². The van der Waals surface area contributed by atoms with Crippen molar-refractivity contribution in [3.05, 3.63) is 40.6 Å². The van der Waals surface area contributed by atoms with E-state index in [1.54, 1.807) is 0 Å². The average Bonchev–Trinajstić information content (AvgIpc) is 2.63. The van der Waals surface area contributed by atoms with Gasteiger partial charge in [-0.3, -0.25) is 0 Å². The minimum atomic E-state index is 0.198. The van der Waals surface area contributed by atoms with Gasteiger partial charge in [0.15, 0.2) is 0 Å². The minimum absolute atomic E-state index is 0.198. The van der Waals surface area contributed by atoms with Gasteiger partial charge in [0, 0.05) is 5.56 Å². The second-order valence-corrected chi connectivity index (χ2v) is 5.11. The maximum atomic E-state index is 9.25. The van der Waals surface area contributed by atoms with Crippen LogP contribution >= 0.6 is 0 Å². The van der Waals surface area contributed by atoms with E-state index in [2.05, 4.69) is 38.1 Å². The number of nitrogens with two attached hydrogens (primary N) is 1. The third kappa shape index (κ3) is 2.22. The van der Waals surface area contributed by atoms with Crippen molar-refractivity contribution < 1.29 is 4.42 Å². The van der Waals surface area contributed by atoms with Crippen LogP contribution in [0.3, 0.4) is 0 Å². The molecule has 0 aliphatic carbocycles. The number of nitriles is 1. The summed E-state index contributed by atoms with van der Waals surface area (Å²) < 4.78 is 5.40. The van der Waals surface area contributed by atoms with E-state index < -0.39 is 0 Å². The lowest BCUT2D eigenvalue weighted by Crippen LogP contribution is -1.93. The normalized spacial score (nSPS) is 10.7. The van der Waals surface area contributed by atoms with Crippen LogP contribution in [0, 0.1) is 25.2 Å². The third-order valence-electron chi connectivity index (χ3n) is 3.42. The molecular formula is C16H18N2O. The first-order valence-electron chi connectivity index (χ1n) is 6.35. The number of hydrogen-bond acceptors (Lipinski definition) is 3. The number of nitrogens with zero attached hydrogens (tertiary/aromatic N) is 1. The largest absolute Gasteiger partial charge is 0.444 e. The standard InChI is InChI=1S/C16H18N2O/c1-9(2)12-6-5-10(3)13(7-12)15-11(4)19-16(18)14(15)8-17/h5-7,9H,18H2,1-4H3. The summed E-state index contributed by atoms with van der Waals surface area (Å²) in [5.41, 5.74) is 10.4. The van der Waals surface area contributed by atoms with E-state index in [1.807, 2.05) is 13.8 Å². The van der Waals surface area contributed by atoms with Crippen molar-refractivity contribution in [1.29, 1.82) is 5.26 Å². The molecule has 0 fully saturated rings. The van der Waals surface area contributed by atoms with Crippen LogP contribution in [0.25, 0.3) is 11.1 Å². The van der Waals surface area contributed by atoms with Gasteiger partial charge in [-0.15, -0.1) is 0 Å². The summed E-state index contributed by atoms with van der Waals surface area (Å²) in [5, 5.41) is 9.25. The van der Waals surface area contributed by atoms with Gasteiger partial charge in [-0.25, -0.2) is 0 Å². The number of anilines is 1. The molecule has 0 unspecified atom stereocenters. The highest BCUT2D eigenvalue weighted by molar-refractivity contribution is 5.79. The molecule has 1 heterocycles. The molecule has 0 saturated carbocycles. The summed E-state index contributed by atoms with van der Waals surface area (Å²) in [6, 6.07) is 8.46. The Morgan fingerprint density at radius 2 is 1.95 bits per heavy atom. The topological polar surface area (TPSA) is 62.9 Å². The first kappa shape index (κ1) is 13.2. The van der Waals surface area contributed by atoms with Crippen LogP contribution in [0.5, 0.6) is 0 Å². The van der Waals surface area contributed by atoms with Gasteiger partial charge in [-0.05, 0) is 36.5 Å². The third-order valence-corrected chi connectivity index (χ3v) is 3.42. The molecule has 1 aromatic carbocycles. The fourth-order valence-electron chi connectivity index (χ4n) is 2.27. The molecule has 3 nitrogen and oxygen atoms in total. The Balaban J connectivity index is 2.72. The van der Waals surface area contributed by atoms with Crippen LogP contribution in [-0.2, 0) is 0 Å². The monoisotopic (exact) mass is 254 g/mol. The van der Waals surface area contributed by atoms with Crippen molar-refractivity contribution in [2.75, 3.05) is 5.73 Å². The van der Waals surface area contributed by atoms with E-state index in [0.29, 0.717) is 17.2 Å². The summed E-state index contributed by atoms with van der Waals surface area (Å²) in [6.07, 6.45) is 0. The predicted molar refractivity (Wildman–Crippen MR) is 76.8 cm³/mol. The zero-order valence-corrected chi connectivity index (χ0v) is 11.7. The van der Waals surface area contributed by atoms with E-state index in [9.17, 15) is 5.26 Å². The highest BCUT2D eigenvalue weighted by atomic mass is 16.4. The number of nitrogen functional groups attached to an aromatic ring is 1. The molecule has 0 aliphatic rings. The summed E-state index contributed by atoms with van der Waals surface area (Å²) >= 11 is 0. The van der Waals surface area contributed by atoms with Crippen LogP contribution in [0.1, 0.15) is 42.2 Å². The second-order valence-electron chi connectivity index (χ2n) is 5.11. The molecule has 1 aromatic heterocycles. The first-order chi connectivity index (χ1) is 8.95. The summed E-state index contributed by atoms with van der Waals surface area (Å²) in [4.78, 5) is 0. The maximum absolute atomic E-state index is 9.25. The Kier molecular flexibility index (Phi) is 3.35. The lowest BCUT2D eigenvalue weighted by atomic mass is 9.92. The molecule has 2 N–H and O–H groups in total. The molecule has 19 heavy (non-hydrogen) atoms. The average molecular weight is 254 g/mol. The van der Waals surface area contributed by atoms with Crippen LogP contribution in [-0.4, -0.2) is 0 Å². The van der Waals surface area contributed by atoms with Crippen molar-refractivity contribution in [1.82, 2.24) is 0 Å². The van der Waals surface area contributed by atoms with Crippen molar-refractivity contribution in [3.63, 3.8) is 0 Å². The van der Waals surface area contributed by atoms with Gasteiger partial charge < -0.3 is 10.2 Å². The lowest BCUT2D eigenvalue weighted by molar-refractivity contribution is 0.554. The number of rotatable bonds is 2. The Hall–Kier alpha value is -2.21. The summed E-state index contributed by atoms with van der Waals surface area (Å²) in [7, 11) is 0. The zero-order valence-electron chi connectivity index (χ0n) is 11.7. The minimum Gasteiger partial charge on any atom is -0.444 e. The van der Waals surface area contributed by atoms with Crippen LogP contribution in [0.2, 0.25) is 0 Å². The number of hydrogen-bond donors (Lipinski definition) is 1. The van der Waals surface area contributed by atoms with Gasteiger partial charge in [0.2, 0.25) is 5.88 Å². The Morgan fingerprint density at radius 3 is 2.53 bits per heavy atom. The van der Waals surface area contributed by atoms with Crippen LogP contribution in [0.4, 0.5) is 5.88 Å². The molecule has 0 amide bonds. The van der Waals surface area contributed by atoms with Gasteiger partial charge in [0.05, 0.1) is 0 Å². The van der Waals surface area contributed by atoms with Crippen molar-refractivity contribution in [2.45, 2.75) is 33.6 Å². The van der Waals surface area contributed by atoms with Crippen molar-refractivity contribution in [2.24, 2.45) is 0 Å². The molecule has 0 saturated heterocycles. The molecule has 0 atom stereocenters. The van der Waals surface area contributed by atoms with Gasteiger partial charge in [-0.2, -0.15) is 5.26 Å². The second kappa shape index (κ2) is 4.81. The van der Waals surface area contributed by atoms with Crippen molar-refractivity contribution >= 4 is 5.88 Å². The predicted octanol–water partition coefficient (Wildman–Crippen LogP) is 4.14. The Labute approximate surface area is 113 Å². The fraction of sp³-hybridized carbons (Fsp3) is 0.312. The van der Waals surface area contributed by atoms with E-state index in [-0.39, 0.29) is 5.88 Å². The van der Waals surface area contributed by atoms with E-state index in [4.69, 9.17) is 10.2 Å². The summed E-state index contributed by atoms with van der Waals surface area (Å²) in [6.45, 7) is 8.17. The van der Waals surface area contributed by atoms with Gasteiger partial charge in [0.25, 0.3) is 0 Å². The number of benzene rings is 1. The molecule has 0 bridgehead atoms. The van der Waals surface area contributed by atoms with Crippen molar-refractivity contribution in [3.8, 4) is 17.2 Å². The maximum Gasteiger partial charge on any atom is 0.209 e. The highest BCUT2D eigenvalue weighted by Gasteiger charge is 2.19. The first-order valence-corrected chi connectivity index (χ1v) is 6.35. The van der Waals surface area contributed by atoms with E-state index in [1.165, 1.54) is 5.56 Å². The Bertz CT molecular complexity index is 660. The number of aryl methyl sites for hydroxylation is 2. The van der Waals surface area contributed by atoms with Gasteiger partial charge in [-0.1, -0.05) is 32.0 Å². The quantitative estimate of drug-likeness (QED) is 0.876. The number of furan rings is 1. The molecule has 98 valence electrons. The molecule has 0 radical (unpaired) electrons. The molecule has 0 aliphatic heterocycles. The fourth-order valence-corrected chi connectivity index (χ4v) is 2.27. The molecule has 2 aromatic rings. The van der Waals surface area contributed by atoms with E-state index in [0.717, 1.165) is 16.7 Å². The van der Waals surface area contributed by atoms with Crippen LogP contribution in [0.15, 0.2) is 22.6 Å². The lowest BCUT2D eigenvalue weighted by Gasteiger charge is -2.11.